The lowest BCUT2D eigenvalue weighted by Gasteiger charge is -1.98. The normalized spacial score (nSPS) is 25.2. The molecule has 1 heterocycles. The van der Waals surface area contributed by atoms with Crippen molar-refractivity contribution in [1.82, 2.24) is 0 Å². The summed E-state index contributed by atoms with van der Waals surface area (Å²) in [5.41, 5.74) is 0. The highest BCUT2D eigenvalue weighted by molar-refractivity contribution is 8.41. The first-order valence-electron chi connectivity index (χ1n) is 2.73. The minimum Gasteiger partial charge on any atom is -0.481 e. The van der Waals surface area contributed by atoms with Crippen LogP contribution in [0.4, 0.5) is 4.79 Å². The number of aliphatic carboxylic acids is 1. The maximum absolute atomic E-state index is 10.6. The Morgan fingerprint density at radius 3 is 2.90 bits per heavy atom. The molecule has 1 aliphatic heterocycles. The van der Waals surface area contributed by atoms with Gasteiger partial charge in [-0.05, 0) is 0 Å². The Morgan fingerprint density at radius 1 is 1.80 bits per heavy atom. The van der Waals surface area contributed by atoms with Gasteiger partial charge in [0.05, 0.1) is 6.42 Å². The molecule has 1 N–H and O–H groups in total. The van der Waals surface area contributed by atoms with Crippen molar-refractivity contribution in [2.75, 3.05) is 5.75 Å². The fourth-order valence-electron chi connectivity index (χ4n) is 0.660. The van der Waals surface area contributed by atoms with Gasteiger partial charge >= 0.3 is 5.97 Å². The average molecular weight is 178 g/mol. The summed E-state index contributed by atoms with van der Waals surface area (Å²) in [6.45, 7) is 0. The monoisotopic (exact) mass is 178 g/mol. The first-order valence-corrected chi connectivity index (χ1v) is 4.60. The highest BCUT2D eigenvalue weighted by atomic mass is 32.2. The van der Waals surface area contributed by atoms with E-state index in [1.54, 1.807) is 0 Å². The second-order valence-electron chi connectivity index (χ2n) is 1.90. The Labute approximate surface area is 66.6 Å². The van der Waals surface area contributed by atoms with Crippen LogP contribution in [0.3, 0.4) is 0 Å². The Morgan fingerprint density at radius 2 is 2.50 bits per heavy atom. The molecule has 1 aliphatic rings. The van der Waals surface area contributed by atoms with Crippen molar-refractivity contribution in [3.63, 3.8) is 0 Å². The third-order valence-corrected chi connectivity index (χ3v) is 3.57. The molecular formula is C5H6O3S2. The summed E-state index contributed by atoms with van der Waals surface area (Å²) in [6, 6.07) is 0. The summed E-state index contributed by atoms with van der Waals surface area (Å²) < 4.78 is 0.0475. The molecule has 0 aromatic rings. The average Bonchev–Trinajstić information content (AvgIpc) is 2.13. The van der Waals surface area contributed by atoms with E-state index in [0.717, 1.165) is 11.8 Å². The molecule has 1 fully saturated rings. The molecule has 0 aromatic heterocycles. The highest BCUT2D eigenvalue weighted by Gasteiger charge is 2.25. The minimum atomic E-state index is -0.826. The van der Waals surface area contributed by atoms with Gasteiger partial charge < -0.3 is 5.11 Å². The molecule has 1 unspecified atom stereocenters. The van der Waals surface area contributed by atoms with Crippen LogP contribution in [0.1, 0.15) is 6.42 Å². The molecule has 0 saturated carbocycles. The van der Waals surface area contributed by atoms with Gasteiger partial charge in [-0.25, -0.2) is 0 Å². The molecule has 5 heteroatoms. The number of carbonyl (C=O) groups is 2. The lowest BCUT2D eigenvalue weighted by Crippen LogP contribution is -2.08. The third kappa shape index (κ3) is 2.22. The quantitative estimate of drug-likeness (QED) is 0.693. The molecule has 1 saturated heterocycles. The molecule has 1 rings (SSSR count). The van der Waals surface area contributed by atoms with Gasteiger partial charge in [0.2, 0.25) is 4.45 Å². The first-order chi connectivity index (χ1) is 4.68. The summed E-state index contributed by atoms with van der Waals surface area (Å²) in [4.78, 5) is 20.7. The lowest BCUT2D eigenvalue weighted by molar-refractivity contribution is -0.136. The predicted molar refractivity (Wildman–Crippen MR) is 41.5 cm³/mol. The van der Waals surface area contributed by atoms with Crippen LogP contribution in [0.25, 0.3) is 0 Å². The van der Waals surface area contributed by atoms with Crippen LogP contribution in [0.5, 0.6) is 0 Å². The van der Waals surface area contributed by atoms with Crippen molar-refractivity contribution >= 4 is 33.9 Å². The molecule has 56 valence electrons. The molecule has 0 aliphatic carbocycles. The smallest absolute Gasteiger partial charge is 0.304 e. The zero-order valence-electron chi connectivity index (χ0n) is 5.07. The van der Waals surface area contributed by atoms with Crippen LogP contribution >= 0.6 is 23.5 Å². The number of carboxylic acids is 1. The van der Waals surface area contributed by atoms with Gasteiger partial charge in [-0.15, -0.1) is 0 Å². The number of hydrogen-bond acceptors (Lipinski definition) is 4. The van der Waals surface area contributed by atoms with Crippen LogP contribution in [0.2, 0.25) is 0 Å². The molecule has 0 spiro atoms. The van der Waals surface area contributed by atoms with Crippen LogP contribution in [0.15, 0.2) is 0 Å². The maximum Gasteiger partial charge on any atom is 0.304 e. The summed E-state index contributed by atoms with van der Waals surface area (Å²) in [7, 11) is 0. The van der Waals surface area contributed by atoms with Gasteiger partial charge in [0.25, 0.3) is 0 Å². The van der Waals surface area contributed by atoms with E-state index in [9.17, 15) is 9.59 Å². The summed E-state index contributed by atoms with van der Waals surface area (Å²) >= 11 is 2.35. The van der Waals surface area contributed by atoms with Crippen molar-refractivity contribution in [1.29, 1.82) is 0 Å². The fourth-order valence-corrected chi connectivity index (χ4v) is 2.96. The van der Waals surface area contributed by atoms with E-state index in [1.807, 2.05) is 0 Å². The van der Waals surface area contributed by atoms with Gasteiger partial charge in [-0.1, -0.05) is 23.5 Å². The summed E-state index contributed by atoms with van der Waals surface area (Å²) in [5.74, 6) is -0.178. The van der Waals surface area contributed by atoms with Crippen LogP contribution < -0.4 is 0 Å². The lowest BCUT2D eigenvalue weighted by atomic mass is 10.3. The van der Waals surface area contributed by atoms with E-state index in [2.05, 4.69) is 0 Å². The molecule has 3 nitrogen and oxygen atoms in total. The number of carboxylic acid groups (broad SMARTS) is 1. The molecular weight excluding hydrogens is 172 g/mol. The van der Waals surface area contributed by atoms with Crippen LogP contribution in [-0.2, 0) is 4.79 Å². The number of carbonyl (C=O) groups excluding carboxylic acids is 1. The van der Waals surface area contributed by atoms with Crippen LogP contribution in [0, 0.1) is 0 Å². The second-order valence-corrected chi connectivity index (χ2v) is 4.42. The maximum atomic E-state index is 10.6. The van der Waals surface area contributed by atoms with E-state index >= 15 is 0 Å². The van der Waals surface area contributed by atoms with E-state index < -0.39 is 5.97 Å². The van der Waals surface area contributed by atoms with Crippen molar-refractivity contribution in [3.05, 3.63) is 0 Å². The largest absolute Gasteiger partial charge is 0.481 e. The van der Waals surface area contributed by atoms with E-state index in [0.29, 0.717) is 5.75 Å². The standard InChI is InChI=1S/C5H6O3S2/c6-4(7)1-3-2-9-5(8)10-3/h3H,1-2H2,(H,6,7). The van der Waals surface area contributed by atoms with E-state index in [1.165, 1.54) is 11.8 Å². The Kier molecular flexibility index (Phi) is 2.62. The van der Waals surface area contributed by atoms with E-state index in [-0.39, 0.29) is 16.1 Å². The Balaban J connectivity index is 2.31. The predicted octanol–water partition coefficient (Wildman–Crippen LogP) is 1.43. The number of thioether (sulfide) groups is 2. The van der Waals surface area contributed by atoms with Gasteiger partial charge in [-0.3, -0.25) is 9.59 Å². The number of rotatable bonds is 2. The SMILES string of the molecule is O=C(O)CC1CSC(=O)S1. The van der Waals surface area contributed by atoms with E-state index in [4.69, 9.17) is 5.11 Å². The van der Waals surface area contributed by atoms with Crippen molar-refractivity contribution in [2.24, 2.45) is 0 Å². The van der Waals surface area contributed by atoms with Gasteiger partial charge in [0, 0.05) is 11.0 Å². The fraction of sp³-hybridized carbons (Fsp3) is 0.600. The van der Waals surface area contributed by atoms with Gasteiger partial charge in [-0.2, -0.15) is 0 Å². The van der Waals surface area contributed by atoms with Gasteiger partial charge in [0.15, 0.2) is 0 Å². The summed E-state index contributed by atoms with van der Waals surface area (Å²) in [5, 5.41) is 8.32. The number of hydrogen-bond donors (Lipinski definition) is 1. The van der Waals surface area contributed by atoms with Gasteiger partial charge in [0.1, 0.15) is 0 Å². The Hall–Kier alpha value is -0.160. The zero-order chi connectivity index (χ0) is 7.56. The zero-order valence-corrected chi connectivity index (χ0v) is 6.70. The second kappa shape index (κ2) is 3.30. The molecule has 0 amide bonds. The summed E-state index contributed by atoms with van der Waals surface area (Å²) in [6.07, 6.45) is 0.101. The molecule has 1 atom stereocenters. The van der Waals surface area contributed by atoms with Crippen LogP contribution in [-0.4, -0.2) is 26.5 Å². The minimum absolute atomic E-state index is 0.00463. The highest BCUT2D eigenvalue weighted by Crippen LogP contribution is 2.34. The van der Waals surface area contributed by atoms with Crippen molar-refractivity contribution < 1.29 is 14.7 Å². The van der Waals surface area contributed by atoms with Crippen molar-refractivity contribution in [2.45, 2.75) is 11.7 Å². The Bertz CT molecular complexity index is 168. The third-order valence-electron chi connectivity index (χ3n) is 1.05. The first kappa shape index (κ1) is 7.94. The van der Waals surface area contributed by atoms with Crippen molar-refractivity contribution in [3.8, 4) is 0 Å². The molecule has 0 bridgehead atoms. The molecule has 0 aromatic carbocycles. The topological polar surface area (TPSA) is 54.4 Å². The molecule has 0 radical (unpaired) electrons. The molecule has 10 heavy (non-hydrogen) atoms.